The van der Waals surface area contributed by atoms with E-state index in [0.717, 1.165) is 20.9 Å². The normalized spacial score (nSPS) is 15.3. The second-order valence-electron chi connectivity index (χ2n) is 5.04. The molecular formula is C15H18ClNO4S2. The smallest absolute Gasteiger partial charge is 0.348 e. The maximum Gasteiger partial charge on any atom is 0.348 e. The molecular weight excluding hydrogens is 358 g/mol. The quantitative estimate of drug-likeness (QED) is 0.585. The van der Waals surface area contributed by atoms with E-state index >= 15 is 0 Å². The minimum absolute atomic E-state index is 0.162. The Kier molecular flexibility index (Phi) is 6.13. The summed E-state index contributed by atoms with van der Waals surface area (Å²) in [4.78, 5) is 23.6. The third-order valence-electron chi connectivity index (χ3n) is 3.61. The number of thiophene rings is 1. The molecule has 0 bridgehead atoms. The van der Waals surface area contributed by atoms with Gasteiger partial charge in [-0.2, -0.15) is 0 Å². The summed E-state index contributed by atoms with van der Waals surface area (Å²) in [5, 5.41) is 9.41. The number of hydrogen-bond acceptors (Lipinski definition) is 6. The fourth-order valence-corrected chi connectivity index (χ4v) is 5.15. The Balaban J connectivity index is 2.48. The number of fused-ring (bicyclic) bond motifs is 1. The third kappa shape index (κ3) is 3.74. The number of ether oxygens (including phenoxy) is 1. The standard InChI is InChI=1S/C15H18ClNO4S2/c1-3-21-14(20)13-8-5-4-7(9(17)6-10(18)19)12(16)11(8)15(22-2)23-13/h9H,3-6,17H2,1-2H3,(H,18,19). The molecule has 1 atom stereocenters. The molecule has 8 heteroatoms. The predicted octanol–water partition coefficient (Wildman–Crippen LogP) is 3.34. The van der Waals surface area contributed by atoms with Gasteiger partial charge >= 0.3 is 11.9 Å². The average Bonchev–Trinajstić information content (AvgIpc) is 2.86. The molecule has 23 heavy (non-hydrogen) atoms. The fourth-order valence-electron chi connectivity index (χ4n) is 2.60. The van der Waals surface area contributed by atoms with Crippen LogP contribution in [0.1, 0.15) is 40.6 Å². The van der Waals surface area contributed by atoms with Gasteiger partial charge in [0.1, 0.15) is 4.88 Å². The molecule has 5 nitrogen and oxygen atoms in total. The van der Waals surface area contributed by atoms with Crippen LogP contribution in [0.15, 0.2) is 9.78 Å². The van der Waals surface area contributed by atoms with Crippen molar-refractivity contribution in [2.75, 3.05) is 12.9 Å². The highest BCUT2D eigenvalue weighted by Gasteiger charge is 2.31. The van der Waals surface area contributed by atoms with Gasteiger partial charge in [0.15, 0.2) is 0 Å². The molecule has 1 aliphatic carbocycles. The molecule has 1 aliphatic rings. The van der Waals surface area contributed by atoms with Crippen LogP contribution in [-0.2, 0) is 16.0 Å². The number of carboxylic acids is 1. The highest BCUT2D eigenvalue weighted by atomic mass is 35.5. The van der Waals surface area contributed by atoms with Crippen LogP contribution < -0.4 is 5.73 Å². The summed E-state index contributed by atoms with van der Waals surface area (Å²) < 4.78 is 6.04. The minimum atomic E-state index is -0.956. The van der Waals surface area contributed by atoms with E-state index in [0.29, 0.717) is 29.4 Å². The number of nitrogens with two attached hydrogens (primary N) is 1. The Morgan fingerprint density at radius 1 is 1.48 bits per heavy atom. The van der Waals surface area contributed by atoms with E-state index in [1.165, 1.54) is 23.1 Å². The summed E-state index contributed by atoms with van der Waals surface area (Å²) in [6.45, 7) is 2.09. The van der Waals surface area contributed by atoms with Crippen molar-refractivity contribution < 1.29 is 19.4 Å². The highest BCUT2D eigenvalue weighted by Crippen LogP contribution is 2.46. The number of rotatable bonds is 6. The molecule has 0 aliphatic heterocycles. The van der Waals surface area contributed by atoms with Crippen molar-refractivity contribution in [2.24, 2.45) is 5.73 Å². The molecule has 0 amide bonds. The first-order valence-corrected chi connectivity index (χ1v) is 9.55. The van der Waals surface area contributed by atoms with Crippen LogP contribution in [0.4, 0.5) is 0 Å². The van der Waals surface area contributed by atoms with Gasteiger partial charge in [-0.3, -0.25) is 4.79 Å². The largest absolute Gasteiger partial charge is 0.481 e. The van der Waals surface area contributed by atoms with E-state index in [1.807, 2.05) is 6.26 Å². The van der Waals surface area contributed by atoms with E-state index in [-0.39, 0.29) is 12.4 Å². The Morgan fingerprint density at radius 2 is 2.17 bits per heavy atom. The van der Waals surface area contributed by atoms with Gasteiger partial charge in [-0.15, -0.1) is 23.1 Å². The number of thioether (sulfide) groups is 1. The number of aliphatic carboxylic acids is 1. The molecule has 1 unspecified atom stereocenters. The van der Waals surface area contributed by atoms with Crippen molar-refractivity contribution in [1.82, 2.24) is 0 Å². The minimum Gasteiger partial charge on any atom is -0.481 e. The first kappa shape index (κ1) is 18.3. The van der Waals surface area contributed by atoms with Crippen molar-refractivity contribution in [3.05, 3.63) is 21.6 Å². The number of carboxylic acid groups (broad SMARTS) is 1. The zero-order chi connectivity index (χ0) is 17.1. The van der Waals surface area contributed by atoms with E-state index in [9.17, 15) is 9.59 Å². The molecule has 0 saturated carbocycles. The SMILES string of the molecule is CCOC(=O)c1sc(SC)c2c1CCC(C(N)CC(=O)O)=C2Cl. The van der Waals surface area contributed by atoms with Crippen LogP contribution >= 0.6 is 34.7 Å². The number of esters is 1. The summed E-state index contributed by atoms with van der Waals surface area (Å²) in [6.07, 6.45) is 2.91. The molecule has 0 spiro atoms. The van der Waals surface area contributed by atoms with Gasteiger partial charge in [-0.25, -0.2) is 4.79 Å². The lowest BCUT2D eigenvalue weighted by Crippen LogP contribution is -2.28. The first-order valence-electron chi connectivity index (χ1n) is 7.13. The topological polar surface area (TPSA) is 89.6 Å². The average molecular weight is 376 g/mol. The molecule has 1 aromatic heterocycles. The number of hydrogen-bond donors (Lipinski definition) is 2. The van der Waals surface area contributed by atoms with Gasteiger partial charge < -0.3 is 15.6 Å². The van der Waals surface area contributed by atoms with E-state index in [1.54, 1.807) is 6.92 Å². The fraction of sp³-hybridized carbons (Fsp3) is 0.467. The van der Waals surface area contributed by atoms with E-state index in [2.05, 4.69) is 0 Å². The lowest BCUT2D eigenvalue weighted by Gasteiger charge is -2.22. The molecule has 3 N–H and O–H groups in total. The number of carbonyl (C=O) groups is 2. The van der Waals surface area contributed by atoms with Gasteiger partial charge in [0.25, 0.3) is 0 Å². The van der Waals surface area contributed by atoms with Crippen molar-refractivity contribution >= 4 is 51.7 Å². The molecule has 1 heterocycles. The highest BCUT2D eigenvalue weighted by molar-refractivity contribution is 8.00. The Labute approximate surface area is 147 Å². The lowest BCUT2D eigenvalue weighted by atomic mass is 9.89. The summed E-state index contributed by atoms with van der Waals surface area (Å²) in [7, 11) is 0. The second kappa shape index (κ2) is 7.70. The number of carbonyl (C=O) groups excluding carboxylic acids is 1. The van der Waals surface area contributed by atoms with E-state index < -0.39 is 12.0 Å². The van der Waals surface area contributed by atoms with Crippen molar-refractivity contribution in [3.8, 4) is 0 Å². The summed E-state index contributed by atoms with van der Waals surface area (Å²) in [6, 6.07) is -0.617. The van der Waals surface area contributed by atoms with Crippen molar-refractivity contribution in [2.45, 2.75) is 36.4 Å². The first-order chi connectivity index (χ1) is 10.9. The van der Waals surface area contributed by atoms with Crippen LogP contribution in [0.5, 0.6) is 0 Å². The lowest BCUT2D eigenvalue weighted by molar-refractivity contribution is -0.137. The van der Waals surface area contributed by atoms with Gasteiger partial charge in [0.05, 0.1) is 22.3 Å². The Hall–Kier alpha value is -1.02. The summed E-state index contributed by atoms with van der Waals surface area (Å²) >= 11 is 9.39. The molecule has 0 fully saturated rings. The molecule has 0 aromatic carbocycles. The molecule has 0 saturated heterocycles. The van der Waals surface area contributed by atoms with Crippen molar-refractivity contribution in [1.29, 1.82) is 0 Å². The van der Waals surface area contributed by atoms with Crippen LogP contribution in [0.3, 0.4) is 0 Å². The van der Waals surface area contributed by atoms with E-state index in [4.69, 9.17) is 27.2 Å². The monoisotopic (exact) mass is 375 g/mol. The molecule has 1 aromatic rings. The third-order valence-corrected chi connectivity index (χ3v) is 6.37. The zero-order valence-corrected chi connectivity index (χ0v) is 15.2. The Bertz CT molecular complexity index is 669. The van der Waals surface area contributed by atoms with Crippen LogP contribution in [0.25, 0.3) is 5.03 Å². The maximum atomic E-state index is 12.1. The van der Waals surface area contributed by atoms with Gasteiger partial charge in [0, 0.05) is 11.6 Å². The van der Waals surface area contributed by atoms with Crippen LogP contribution in [0, 0.1) is 0 Å². The summed E-state index contributed by atoms with van der Waals surface area (Å²) in [5.41, 5.74) is 8.42. The second-order valence-corrected chi connectivity index (χ2v) is 7.51. The van der Waals surface area contributed by atoms with Crippen LogP contribution in [0.2, 0.25) is 0 Å². The summed E-state index contributed by atoms with van der Waals surface area (Å²) in [5.74, 6) is -1.29. The molecule has 0 radical (unpaired) electrons. The van der Waals surface area contributed by atoms with Gasteiger partial charge in [-0.05, 0) is 37.2 Å². The Morgan fingerprint density at radius 3 is 2.74 bits per heavy atom. The van der Waals surface area contributed by atoms with Crippen molar-refractivity contribution in [3.63, 3.8) is 0 Å². The zero-order valence-electron chi connectivity index (χ0n) is 12.8. The van der Waals surface area contributed by atoms with Gasteiger partial charge in [0.2, 0.25) is 0 Å². The number of halogens is 1. The maximum absolute atomic E-state index is 12.1. The van der Waals surface area contributed by atoms with Crippen LogP contribution in [-0.4, -0.2) is 35.9 Å². The molecule has 2 rings (SSSR count). The predicted molar refractivity (Wildman–Crippen MR) is 93.4 cm³/mol. The molecule has 126 valence electrons. The van der Waals surface area contributed by atoms with Gasteiger partial charge in [-0.1, -0.05) is 11.6 Å².